The summed E-state index contributed by atoms with van der Waals surface area (Å²) in [7, 11) is 0. The Morgan fingerprint density at radius 1 is 1.08 bits per heavy atom. The standard InChI is InChI=1S/C21H22N2OS/c24-21(14-17-15-22-19-9-5-4-8-18(17)19)23-11-10-20(25-13-12-23)16-6-2-1-3-7-16/h1-9,15,20,22H,10-14H2. The van der Waals surface area contributed by atoms with Gasteiger partial charge in [-0.1, -0.05) is 48.5 Å². The first kappa shape index (κ1) is 16.3. The Kier molecular flexibility index (Phi) is 4.79. The largest absolute Gasteiger partial charge is 0.361 e. The number of H-pyrrole nitrogens is 1. The number of para-hydroxylation sites is 1. The van der Waals surface area contributed by atoms with E-state index < -0.39 is 0 Å². The summed E-state index contributed by atoms with van der Waals surface area (Å²) in [5, 5.41) is 1.65. The van der Waals surface area contributed by atoms with Crippen LogP contribution in [-0.4, -0.2) is 34.6 Å². The van der Waals surface area contributed by atoms with Crippen LogP contribution in [0.1, 0.15) is 22.8 Å². The number of hydrogen-bond donors (Lipinski definition) is 1. The molecule has 128 valence electrons. The molecule has 4 heteroatoms. The molecule has 1 aromatic heterocycles. The van der Waals surface area contributed by atoms with Crippen LogP contribution in [0.25, 0.3) is 10.9 Å². The summed E-state index contributed by atoms with van der Waals surface area (Å²) in [5.41, 5.74) is 3.57. The van der Waals surface area contributed by atoms with Crippen molar-refractivity contribution in [3.05, 3.63) is 71.9 Å². The zero-order valence-corrected chi connectivity index (χ0v) is 15.0. The van der Waals surface area contributed by atoms with Gasteiger partial charge in [0, 0.05) is 41.2 Å². The van der Waals surface area contributed by atoms with Gasteiger partial charge in [-0.25, -0.2) is 0 Å². The Bertz CT molecular complexity index is 858. The number of hydrogen-bond acceptors (Lipinski definition) is 2. The minimum Gasteiger partial charge on any atom is -0.361 e. The van der Waals surface area contributed by atoms with Crippen LogP contribution in [0.2, 0.25) is 0 Å². The maximum Gasteiger partial charge on any atom is 0.227 e. The average Bonchev–Trinajstić information content (AvgIpc) is 2.90. The molecule has 3 aromatic rings. The number of nitrogens with zero attached hydrogens (tertiary/aromatic N) is 1. The van der Waals surface area contributed by atoms with Crippen molar-refractivity contribution in [1.82, 2.24) is 9.88 Å². The molecular formula is C21H22N2OS. The molecule has 2 aromatic carbocycles. The van der Waals surface area contributed by atoms with Crippen LogP contribution in [0, 0.1) is 0 Å². The van der Waals surface area contributed by atoms with E-state index in [4.69, 9.17) is 0 Å². The van der Waals surface area contributed by atoms with Crippen LogP contribution in [0.15, 0.2) is 60.8 Å². The van der Waals surface area contributed by atoms with Gasteiger partial charge in [0.15, 0.2) is 0 Å². The molecule has 1 N–H and O–H groups in total. The van der Waals surface area contributed by atoms with Crippen LogP contribution in [0.5, 0.6) is 0 Å². The lowest BCUT2D eigenvalue weighted by molar-refractivity contribution is -0.130. The van der Waals surface area contributed by atoms with Gasteiger partial charge in [-0.15, -0.1) is 0 Å². The zero-order valence-electron chi connectivity index (χ0n) is 14.2. The minimum atomic E-state index is 0.235. The highest BCUT2D eigenvalue weighted by Crippen LogP contribution is 2.34. The number of nitrogens with one attached hydrogen (secondary N) is 1. The Balaban J connectivity index is 1.43. The second kappa shape index (κ2) is 7.36. The van der Waals surface area contributed by atoms with Gasteiger partial charge >= 0.3 is 0 Å². The molecule has 3 nitrogen and oxygen atoms in total. The highest BCUT2D eigenvalue weighted by molar-refractivity contribution is 7.99. The van der Waals surface area contributed by atoms with Gasteiger partial charge in [0.05, 0.1) is 6.42 Å². The molecule has 0 saturated carbocycles. The van der Waals surface area contributed by atoms with Crippen molar-refractivity contribution in [3.63, 3.8) is 0 Å². The third kappa shape index (κ3) is 3.59. The summed E-state index contributed by atoms with van der Waals surface area (Å²) in [4.78, 5) is 18.1. The first-order chi connectivity index (χ1) is 12.3. The van der Waals surface area contributed by atoms with Gasteiger partial charge in [-0.3, -0.25) is 4.79 Å². The minimum absolute atomic E-state index is 0.235. The predicted molar refractivity (Wildman–Crippen MR) is 105 cm³/mol. The quantitative estimate of drug-likeness (QED) is 0.759. The lowest BCUT2D eigenvalue weighted by Gasteiger charge is -2.20. The maximum absolute atomic E-state index is 12.8. The molecular weight excluding hydrogens is 328 g/mol. The molecule has 1 fully saturated rings. The van der Waals surface area contributed by atoms with Gasteiger partial charge < -0.3 is 9.88 Å². The third-order valence-electron chi connectivity index (χ3n) is 4.88. The van der Waals surface area contributed by atoms with Gasteiger partial charge in [0.2, 0.25) is 5.91 Å². The summed E-state index contributed by atoms with van der Waals surface area (Å²) >= 11 is 1.97. The average molecular weight is 350 g/mol. The molecule has 1 unspecified atom stereocenters. The van der Waals surface area contributed by atoms with Crippen molar-refractivity contribution in [1.29, 1.82) is 0 Å². The van der Waals surface area contributed by atoms with Crippen LogP contribution >= 0.6 is 11.8 Å². The molecule has 0 aliphatic carbocycles. The predicted octanol–water partition coefficient (Wildman–Crippen LogP) is 4.42. The van der Waals surface area contributed by atoms with Gasteiger partial charge in [-0.05, 0) is 23.6 Å². The summed E-state index contributed by atoms with van der Waals surface area (Å²) in [6.07, 6.45) is 3.47. The number of carbonyl (C=O) groups excluding carboxylic acids is 1. The second-order valence-electron chi connectivity index (χ2n) is 6.48. The van der Waals surface area contributed by atoms with E-state index in [2.05, 4.69) is 47.4 Å². The zero-order chi connectivity index (χ0) is 17.1. The SMILES string of the molecule is O=C(Cc1c[nH]c2ccccc12)N1CCSC(c2ccccc2)CC1. The summed E-state index contributed by atoms with van der Waals surface area (Å²) in [5.74, 6) is 1.23. The van der Waals surface area contributed by atoms with Crippen LogP contribution in [0.3, 0.4) is 0 Å². The number of rotatable bonds is 3. The van der Waals surface area contributed by atoms with E-state index >= 15 is 0 Å². The fourth-order valence-electron chi connectivity index (χ4n) is 3.51. The third-order valence-corrected chi connectivity index (χ3v) is 6.21. The molecule has 0 radical (unpaired) electrons. The van der Waals surface area contributed by atoms with Crippen molar-refractivity contribution in [2.45, 2.75) is 18.1 Å². The van der Waals surface area contributed by atoms with E-state index in [0.717, 1.165) is 41.7 Å². The topological polar surface area (TPSA) is 36.1 Å². The van der Waals surface area contributed by atoms with Gasteiger partial charge in [-0.2, -0.15) is 11.8 Å². The van der Waals surface area contributed by atoms with E-state index in [0.29, 0.717) is 11.7 Å². The van der Waals surface area contributed by atoms with Crippen molar-refractivity contribution < 1.29 is 4.79 Å². The molecule has 1 saturated heterocycles. The Morgan fingerprint density at radius 2 is 1.88 bits per heavy atom. The number of thioether (sulfide) groups is 1. The lowest BCUT2D eigenvalue weighted by Crippen LogP contribution is -2.34. The van der Waals surface area contributed by atoms with Gasteiger partial charge in [0.1, 0.15) is 0 Å². The number of benzene rings is 2. The Labute approximate surface area is 152 Å². The van der Waals surface area contributed by atoms with Crippen molar-refractivity contribution in [2.75, 3.05) is 18.8 Å². The number of carbonyl (C=O) groups is 1. The molecule has 0 bridgehead atoms. The Morgan fingerprint density at radius 3 is 2.76 bits per heavy atom. The Hall–Kier alpha value is -2.20. The highest BCUT2D eigenvalue weighted by Gasteiger charge is 2.22. The fourth-order valence-corrected chi connectivity index (χ4v) is 4.74. The van der Waals surface area contributed by atoms with Crippen molar-refractivity contribution >= 4 is 28.6 Å². The molecule has 1 amide bonds. The molecule has 0 spiro atoms. The highest BCUT2D eigenvalue weighted by atomic mass is 32.2. The molecule has 4 rings (SSSR count). The fraction of sp³-hybridized carbons (Fsp3) is 0.286. The lowest BCUT2D eigenvalue weighted by atomic mass is 10.1. The molecule has 1 aliphatic rings. The second-order valence-corrected chi connectivity index (χ2v) is 7.79. The molecule has 1 aliphatic heterocycles. The summed E-state index contributed by atoms with van der Waals surface area (Å²) in [6.45, 7) is 1.68. The first-order valence-corrected chi connectivity index (χ1v) is 9.85. The molecule has 25 heavy (non-hydrogen) atoms. The monoisotopic (exact) mass is 350 g/mol. The van der Waals surface area contributed by atoms with E-state index in [1.165, 1.54) is 5.56 Å². The number of fused-ring (bicyclic) bond motifs is 1. The number of aromatic nitrogens is 1. The first-order valence-electron chi connectivity index (χ1n) is 8.80. The van der Waals surface area contributed by atoms with Crippen LogP contribution in [-0.2, 0) is 11.2 Å². The van der Waals surface area contributed by atoms with E-state index in [1.807, 2.05) is 35.0 Å². The van der Waals surface area contributed by atoms with E-state index in [1.54, 1.807) is 0 Å². The van der Waals surface area contributed by atoms with Crippen LogP contribution in [0.4, 0.5) is 0 Å². The van der Waals surface area contributed by atoms with Crippen LogP contribution < -0.4 is 0 Å². The van der Waals surface area contributed by atoms with Gasteiger partial charge in [0.25, 0.3) is 0 Å². The molecule has 1 atom stereocenters. The summed E-state index contributed by atoms with van der Waals surface area (Å²) in [6, 6.07) is 18.8. The smallest absolute Gasteiger partial charge is 0.227 e. The van der Waals surface area contributed by atoms with Crippen molar-refractivity contribution in [3.8, 4) is 0 Å². The number of aromatic amines is 1. The molecule has 2 heterocycles. The van der Waals surface area contributed by atoms with Crippen molar-refractivity contribution in [2.24, 2.45) is 0 Å². The van der Waals surface area contributed by atoms with E-state index in [9.17, 15) is 4.79 Å². The normalized spacial score (nSPS) is 18.2. The number of amides is 1. The summed E-state index contributed by atoms with van der Waals surface area (Å²) < 4.78 is 0. The maximum atomic E-state index is 12.8. The van der Waals surface area contributed by atoms with E-state index in [-0.39, 0.29) is 5.91 Å².